The monoisotopic (exact) mass is 338 g/mol. The van der Waals surface area contributed by atoms with Gasteiger partial charge in [-0.2, -0.15) is 0 Å². The van der Waals surface area contributed by atoms with Crippen LogP contribution in [-0.2, 0) is 22.4 Å². The fourth-order valence-corrected chi connectivity index (χ4v) is 3.88. The first-order chi connectivity index (χ1) is 10.9. The Morgan fingerprint density at radius 2 is 1.96 bits per heavy atom. The van der Waals surface area contributed by atoms with E-state index < -0.39 is 0 Å². The van der Waals surface area contributed by atoms with Gasteiger partial charge in [0.25, 0.3) is 0 Å². The van der Waals surface area contributed by atoms with E-state index in [0.29, 0.717) is 10.6 Å². The van der Waals surface area contributed by atoms with Crippen molar-refractivity contribution in [2.45, 2.75) is 58.4 Å². The van der Waals surface area contributed by atoms with Gasteiger partial charge in [0.05, 0.1) is 19.2 Å². The highest BCUT2D eigenvalue weighted by Crippen LogP contribution is 2.38. The molecule has 128 valence electrons. The number of hydrogen-bond donors (Lipinski definition) is 2. The van der Waals surface area contributed by atoms with E-state index >= 15 is 0 Å². The average molecular weight is 338 g/mol. The van der Waals surface area contributed by atoms with Gasteiger partial charge in [0.2, 0.25) is 5.91 Å². The second-order valence-corrected chi connectivity index (χ2v) is 7.65. The number of nitrogens with one attached hydrogen (secondary N) is 2. The van der Waals surface area contributed by atoms with Gasteiger partial charge in [-0.3, -0.25) is 4.79 Å². The molecule has 0 saturated heterocycles. The Balaban J connectivity index is 2.14. The average Bonchev–Trinajstić information content (AvgIpc) is 2.90. The molecule has 5 nitrogen and oxygen atoms in total. The molecule has 0 radical (unpaired) electrons. The molecule has 1 aromatic rings. The molecule has 0 fully saturated rings. The fourth-order valence-electron chi connectivity index (χ4n) is 2.59. The number of carbonyl (C=O) groups is 2. The van der Waals surface area contributed by atoms with Crippen LogP contribution < -0.4 is 10.6 Å². The van der Waals surface area contributed by atoms with Crippen molar-refractivity contribution in [3.05, 3.63) is 16.0 Å². The predicted octanol–water partition coefficient (Wildman–Crippen LogP) is 3.13. The first kappa shape index (κ1) is 17.9. The second kappa shape index (κ2) is 7.45. The zero-order chi connectivity index (χ0) is 17.0. The van der Waals surface area contributed by atoms with Gasteiger partial charge >= 0.3 is 5.97 Å². The van der Waals surface area contributed by atoms with Gasteiger partial charge in [-0.1, -0.05) is 6.92 Å². The maximum absolute atomic E-state index is 12.2. The third-order valence-corrected chi connectivity index (χ3v) is 5.63. The van der Waals surface area contributed by atoms with Gasteiger partial charge < -0.3 is 15.4 Å². The molecular weight excluding hydrogens is 312 g/mol. The number of amides is 1. The molecule has 2 N–H and O–H groups in total. The van der Waals surface area contributed by atoms with Crippen molar-refractivity contribution in [1.29, 1.82) is 0 Å². The lowest BCUT2D eigenvalue weighted by Crippen LogP contribution is -2.43. The van der Waals surface area contributed by atoms with Crippen molar-refractivity contribution in [1.82, 2.24) is 5.32 Å². The summed E-state index contributed by atoms with van der Waals surface area (Å²) in [4.78, 5) is 25.6. The van der Waals surface area contributed by atoms with Crippen LogP contribution in [0, 0.1) is 0 Å². The van der Waals surface area contributed by atoms with E-state index in [-0.39, 0.29) is 24.0 Å². The molecular formula is C17H26N2O3S. The summed E-state index contributed by atoms with van der Waals surface area (Å²) in [7, 11) is 1.38. The molecule has 0 aliphatic heterocycles. The number of esters is 1. The molecule has 2 rings (SSSR count). The van der Waals surface area contributed by atoms with Crippen LogP contribution >= 0.6 is 11.3 Å². The normalized spacial score (nSPS) is 14.3. The molecule has 1 amide bonds. The molecule has 6 heteroatoms. The number of aryl methyl sites for hydroxylation is 1. The van der Waals surface area contributed by atoms with E-state index in [2.05, 4.69) is 31.4 Å². The van der Waals surface area contributed by atoms with Gasteiger partial charge in [0.15, 0.2) is 0 Å². The quantitative estimate of drug-likeness (QED) is 0.782. The minimum atomic E-state index is -0.360. The Morgan fingerprint density at radius 3 is 2.61 bits per heavy atom. The topological polar surface area (TPSA) is 67.4 Å². The number of thiophene rings is 1. The Kier molecular flexibility index (Phi) is 5.81. The van der Waals surface area contributed by atoms with Crippen LogP contribution in [0.25, 0.3) is 0 Å². The Morgan fingerprint density at radius 1 is 1.26 bits per heavy atom. The van der Waals surface area contributed by atoms with E-state index in [0.717, 1.165) is 37.7 Å². The Hall–Kier alpha value is -1.40. The van der Waals surface area contributed by atoms with E-state index in [4.69, 9.17) is 4.74 Å². The summed E-state index contributed by atoms with van der Waals surface area (Å²) in [6, 6.07) is 0. The van der Waals surface area contributed by atoms with Crippen molar-refractivity contribution in [2.24, 2.45) is 0 Å². The van der Waals surface area contributed by atoms with Crippen LogP contribution in [0.5, 0.6) is 0 Å². The number of rotatable bonds is 6. The summed E-state index contributed by atoms with van der Waals surface area (Å²) in [5, 5.41) is 6.75. The van der Waals surface area contributed by atoms with Crippen LogP contribution in [0.15, 0.2) is 0 Å². The van der Waals surface area contributed by atoms with Crippen molar-refractivity contribution >= 4 is 28.2 Å². The smallest absolute Gasteiger partial charge is 0.341 e. The molecule has 0 spiro atoms. The lowest BCUT2D eigenvalue weighted by molar-refractivity contribution is -0.115. The predicted molar refractivity (Wildman–Crippen MR) is 93.3 cm³/mol. The van der Waals surface area contributed by atoms with E-state index in [9.17, 15) is 9.59 Å². The molecule has 0 saturated carbocycles. The first-order valence-electron chi connectivity index (χ1n) is 8.15. The molecule has 1 aliphatic carbocycles. The Labute approximate surface area is 141 Å². The zero-order valence-corrected chi connectivity index (χ0v) is 15.2. The van der Waals surface area contributed by atoms with Crippen LogP contribution in [0.1, 0.15) is 60.8 Å². The largest absolute Gasteiger partial charge is 0.465 e. The lowest BCUT2D eigenvalue weighted by Gasteiger charge is -2.24. The van der Waals surface area contributed by atoms with Crippen LogP contribution in [0.3, 0.4) is 0 Å². The number of carbonyl (C=O) groups excluding carboxylic acids is 2. The lowest BCUT2D eigenvalue weighted by atomic mass is 9.95. The van der Waals surface area contributed by atoms with E-state index in [1.54, 1.807) is 0 Å². The number of fused-ring (bicyclic) bond motifs is 1. The summed E-state index contributed by atoms with van der Waals surface area (Å²) in [5.74, 6) is -0.489. The third kappa shape index (κ3) is 4.32. The van der Waals surface area contributed by atoms with Crippen molar-refractivity contribution in [3.63, 3.8) is 0 Å². The summed E-state index contributed by atoms with van der Waals surface area (Å²) in [6.07, 6.45) is 5.00. The summed E-state index contributed by atoms with van der Waals surface area (Å²) in [6.45, 7) is 6.42. The molecule has 23 heavy (non-hydrogen) atoms. The molecule has 0 unspecified atom stereocenters. The molecule has 1 heterocycles. The summed E-state index contributed by atoms with van der Waals surface area (Å²) >= 11 is 1.51. The van der Waals surface area contributed by atoms with E-state index in [1.807, 2.05) is 0 Å². The fraction of sp³-hybridized carbons (Fsp3) is 0.647. The number of anilines is 1. The van der Waals surface area contributed by atoms with Gasteiger partial charge in [-0.15, -0.1) is 11.3 Å². The van der Waals surface area contributed by atoms with Crippen molar-refractivity contribution in [3.8, 4) is 0 Å². The van der Waals surface area contributed by atoms with Gasteiger partial charge in [0.1, 0.15) is 5.00 Å². The maximum atomic E-state index is 12.2. The van der Waals surface area contributed by atoms with E-state index in [1.165, 1.54) is 23.3 Å². The zero-order valence-electron chi connectivity index (χ0n) is 14.4. The highest BCUT2D eigenvalue weighted by atomic mass is 32.1. The number of hydrogen-bond acceptors (Lipinski definition) is 5. The van der Waals surface area contributed by atoms with Gasteiger partial charge in [-0.25, -0.2) is 4.79 Å². The second-order valence-electron chi connectivity index (χ2n) is 6.55. The Bertz CT molecular complexity index is 593. The van der Waals surface area contributed by atoms with Crippen LogP contribution in [-0.4, -0.2) is 31.1 Å². The van der Waals surface area contributed by atoms with Crippen LogP contribution in [0.4, 0.5) is 5.00 Å². The van der Waals surface area contributed by atoms with Crippen molar-refractivity contribution in [2.75, 3.05) is 19.0 Å². The van der Waals surface area contributed by atoms with Gasteiger partial charge in [-0.05, 0) is 51.5 Å². The molecule has 1 aliphatic rings. The minimum Gasteiger partial charge on any atom is -0.465 e. The van der Waals surface area contributed by atoms with Crippen LogP contribution in [0.2, 0.25) is 0 Å². The summed E-state index contributed by atoms with van der Waals surface area (Å²) < 4.78 is 4.92. The highest BCUT2D eigenvalue weighted by Gasteiger charge is 2.27. The standard InChI is InChI=1S/C17H26N2O3S/c1-5-17(2,3)18-10-13(20)19-15-14(16(21)22-4)11-8-6-7-9-12(11)23-15/h18H,5-10H2,1-4H3,(H,19,20). The van der Waals surface area contributed by atoms with Gasteiger partial charge in [0, 0.05) is 10.4 Å². The SMILES string of the molecule is CCC(C)(C)NCC(=O)Nc1sc2c(c1C(=O)OC)CCCC2. The highest BCUT2D eigenvalue weighted by molar-refractivity contribution is 7.17. The summed E-state index contributed by atoms with van der Waals surface area (Å²) in [5.41, 5.74) is 1.53. The third-order valence-electron chi connectivity index (χ3n) is 4.43. The molecule has 1 aromatic heterocycles. The molecule has 0 aromatic carbocycles. The molecule has 0 atom stereocenters. The van der Waals surface area contributed by atoms with Crippen molar-refractivity contribution < 1.29 is 14.3 Å². The number of methoxy groups -OCH3 is 1. The number of ether oxygens (including phenoxy) is 1. The first-order valence-corrected chi connectivity index (χ1v) is 8.97. The molecule has 0 bridgehead atoms. The maximum Gasteiger partial charge on any atom is 0.341 e. The minimum absolute atomic E-state index is 0.0861.